The summed E-state index contributed by atoms with van der Waals surface area (Å²) in [6, 6.07) is 6.49. The third-order valence-corrected chi connectivity index (χ3v) is 7.05. The van der Waals surface area contributed by atoms with E-state index in [2.05, 4.69) is 49.3 Å². The number of aromatic nitrogens is 2. The monoisotopic (exact) mass is 414 g/mol. The normalized spacial score (nSPS) is 20.6. The Bertz CT molecular complexity index is 915. The number of H-pyrrole nitrogens is 1. The second kappa shape index (κ2) is 6.12. The summed E-state index contributed by atoms with van der Waals surface area (Å²) in [5.74, 6) is 0.769. The molecular formula is C20H23BrN4O. The molecule has 5 rings (SSSR count). The third-order valence-electron chi connectivity index (χ3n) is 6.39. The fourth-order valence-electron chi connectivity index (χ4n) is 4.83. The van der Waals surface area contributed by atoms with Crippen molar-refractivity contribution in [2.24, 2.45) is 0 Å². The Morgan fingerprint density at radius 3 is 2.81 bits per heavy atom. The number of anilines is 2. The zero-order valence-electron chi connectivity index (χ0n) is 14.8. The highest BCUT2D eigenvalue weighted by Crippen LogP contribution is 2.46. The van der Waals surface area contributed by atoms with Crippen molar-refractivity contribution in [3.05, 3.63) is 49.8 Å². The van der Waals surface area contributed by atoms with E-state index < -0.39 is 0 Å². The topological polar surface area (TPSA) is 61.0 Å². The van der Waals surface area contributed by atoms with Gasteiger partial charge < -0.3 is 10.2 Å². The minimum atomic E-state index is 0.0711. The van der Waals surface area contributed by atoms with E-state index in [0.717, 1.165) is 79.8 Å². The number of benzene rings is 1. The summed E-state index contributed by atoms with van der Waals surface area (Å²) in [5.41, 5.74) is 4.88. The number of nitrogens with one attached hydrogen (secondary N) is 2. The lowest BCUT2D eigenvalue weighted by molar-refractivity contribution is 0.359. The van der Waals surface area contributed by atoms with Crippen molar-refractivity contribution in [2.45, 2.75) is 43.9 Å². The zero-order chi connectivity index (χ0) is 17.7. The number of fused-ring (bicyclic) bond motifs is 3. The van der Waals surface area contributed by atoms with Crippen LogP contribution in [-0.2, 0) is 18.3 Å². The summed E-state index contributed by atoms with van der Waals surface area (Å²) in [6.45, 7) is 2.84. The van der Waals surface area contributed by atoms with Gasteiger partial charge in [0.2, 0.25) is 5.95 Å². The average Bonchev–Trinajstić information content (AvgIpc) is 3.02. The van der Waals surface area contributed by atoms with Crippen molar-refractivity contribution in [1.82, 2.24) is 9.97 Å². The third kappa shape index (κ3) is 2.49. The van der Waals surface area contributed by atoms with Gasteiger partial charge in [-0.05, 0) is 66.1 Å². The molecule has 1 spiro atoms. The number of halogens is 1. The standard InChI is InChI=1S/C20H23BrN4O/c21-15-6-3-5-14-17(15)22-12-20(14)8-10-25(11-9-20)19-23-16-7-2-1-4-13(16)18(26)24-19/h3,5-6,22H,1-2,4,7-12H2,(H,23,24,26). The lowest BCUT2D eigenvalue weighted by Gasteiger charge is -2.39. The lowest BCUT2D eigenvalue weighted by atomic mass is 9.74. The van der Waals surface area contributed by atoms with Gasteiger partial charge in [-0.15, -0.1) is 0 Å². The molecule has 1 saturated heterocycles. The first-order chi connectivity index (χ1) is 12.7. The van der Waals surface area contributed by atoms with Crippen LogP contribution >= 0.6 is 15.9 Å². The number of rotatable bonds is 1. The molecule has 136 valence electrons. The average molecular weight is 415 g/mol. The van der Waals surface area contributed by atoms with Crippen LogP contribution in [0.15, 0.2) is 27.5 Å². The van der Waals surface area contributed by atoms with Crippen LogP contribution in [0.5, 0.6) is 0 Å². The molecule has 2 aliphatic heterocycles. The lowest BCUT2D eigenvalue weighted by Crippen LogP contribution is -2.45. The Labute approximate surface area is 161 Å². The first kappa shape index (κ1) is 16.4. The molecule has 0 radical (unpaired) electrons. The predicted molar refractivity (Wildman–Crippen MR) is 107 cm³/mol. The Morgan fingerprint density at radius 2 is 1.96 bits per heavy atom. The van der Waals surface area contributed by atoms with E-state index in [1.165, 1.54) is 11.3 Å². The molecule has 1 fully saturated rings. The van der Waals surface area contributed by atoms with Crippen molar-refractivity contribution in [1.29, 1.82) is 0 Å². The number of aromatic amines is 1. The van der Waals surface area contributed by atoms with Gasteiger partial charge in [0.25, 0.3) is 5.56 Å². The zero-order valence-corrected chi connectivity index (χ0v) is 16.4. The van der Waals surface area contributed by atoms with Crippen LogP contribution in [0.1, 0.15) is 42.5 Å². The Hall–Kier alpha value is -1.82. The molecule has 5 nitrogen and oxygen atoms in total. The molecule has 0 bridgehead atoms. The molecule has 2 N–H and O–H groups in total. The molecule has 0 amide bonds. The number of hydrogen-bond donors (Lipinski definition) is 2. The summed E-state index contributed by atoms with van der Waals surface area (Å²) in [7, 11) is 0. The van der Waals surface area contributed by atoms with E-state index in [-0.39, 0.29) is 11.0 Å². The molecule has 1 aromatic heterocycles. The Balaban J connectivity index is 1.40. The van der Waals surface area contributed by atoms with E-state index in [1.807, 2.05) is 0 Å². The predicted octanol–water partition coefficient (Wildman–Crippen LogP) is 3.37. The van der Waals surface area contributed by atoms with Crippen LogP contribution in [-0.4, -0.2) is 29.6 Å². The van der Waals surface area contributed by atoms with Gasteiger partial charge >= 0.3 is 0 Å². The van der Waals surface area contributed by atoms with Gasteiger partial charge in [-0.3, -0.25) is 9.78 Å². The quantitative estimate of drug-likeness (QED) is 0.750. The maximum absolute atomic E-state index is 12.4. The van der Waals surface area contributed by atoms with Crippen LogP contribution < -0.4 is 15.8 Å². The number of hydrogen-bond acceptors (Lipinski definition) is 4. The van der Waals surface area contributed by atoms with Gasteiger partial charge in [0, 0.05) is 35.1 Å². The molecule has 6 heteroatoms. The Morgan fingerprint density at radius 1 is 1.15 bits per heavy atom. The first-order valence-corrected chi connectivity index (χ1v) is 10.4. The van der Waals surface area contributed by atoms with Crippen molar-refractivity contribution in [2.75, 3.05) is 29.9 Å². The minimum absolute atomic E-state index is 0.0711. The van der Waals surface area contributed by atoms with Gasteiger partial charge in [-0.2, -0.15) is 0 Å². The molecule has 1 aliphatic carbocycles. The van der Waals surface area contributed by atoms with Crippen molar-refractivity contribution >= 4 is 27.6 Å². The first-order valence-electron chi connectivity index (χ1n) is 9.56. The minimum Gasteiger partial charge on any atom is -0.383 e. The maximum Gasteiger partial charge on any atom is 0.255 e. The molecular weight excluding hydrogens is 392 g/mol. The number of nitrogens with zero attached hydrogens (tertiary/aromatic N) is 2. The highest BCUT2D eigenvalue weighted by Gasteiger charge is 2.42. The highest BCUT2D eigenvalue weighted by atomic mass is 79.9. The molecule has 0 unspecified atom stereocenters. The smallest absolute Gasteiger partial charge is 0.255 e. The summed E-state index contributed by atoms with van der Waals surface area (Å²) in [5, 5.41) is 3.59. The van der Waals surface area contributed by atoms with E-state index in [0.29, 0.717) is 0 Å². The van der Waals surface area contributed by atoms with Gasteiger partial charge in [0.1, 0.15) is 0 Å². The van der Waals surface area contributed by atoms with Crippen LogP contribution in [0.3, 0.4) is 0 Å². The van der Waals surface area contributed by atoms with Gasteiger partial charge in [-0.1, -0.05) is 12.1 Å². The largest absolute Gasteiger partial charge is 0.383 e. The highest BCUT2D eigenvalue weighted by molar-refractivity contribution is 9.10. The molecule has 26 heavy (non-hydrogen) atoms. The Kier molecular flexibility index (Phi) is 3.85. The molecule has 0 saturated carbocycles. The fourth-order valence-corrected chi connectivity index (χ4v) is 5.34. The molecule has 3 aliphatic rings. The van der Waals surface area contributed by atoms with Crippen molar-refractivity contribution < 1.29 is 0 Å². The van der Waals surface area contributed by atoms with Crippen LogP contribution in [0.25, 0.3) is 0 Å². The molecule has 1 aromatic carbocycles. The van der Waals surface area contributed by atoms with E-state index in [9.17, 15) is 4.79 Å². The van der Waals surface area contributed by atoms with E-state index >= 15 is 0 Å². The summed E-state index contributed by atoms with van der Waals surface area (Å²) in [6.07, 6.45) is 6.21. The van der Waals surface area contributed by atoms with E-state index in [1.54, 1.807) is 0 Å². The fraction of sp³-hybridized carbons (Fsp3) is 0.500. The number of aryl methyl sites for hydroxylation is 1. The maximum atomic E-state index is 12.4. The van der Waals surface area contributed by atoms with Crippen molar-refractivity contribution in [3.8, 4) is 0 Å². The van der Waals surface area contributed by atoms with Gasteiger partial charge in [0.05, 0.1) is 11.4 Å². The van der Waals surface area contributed by atoms with Crippen LogP contribution in [0.2, 0.25) is 0 Å². The molecule has 0 atom stereocenters. The van der Waals surface area contributed by atoms with Gasteiger partial charge in [-0.25, -0.2) is 4.98 Å². The van der Waals surface area contributed by atoms with Crippen LogP contribution in [0, 0.1) is 0 Å². The van der Waals surface area contributed by atoms with Crippen molar-refractivity contribution in [3.63, 3.8) is 0 Å². The van der Waals surface area contributed by atoms with E-state index in [4.69, 9.17) is 4.98 Å². The SMILES string of the molecule is O=c1[nH]c(N2CCC3(CC2)CNc2c(Br)cccc23)nc2c1CCCC2. The van der Waals surface area contributed by atoms with Crippen LogP contribution in [0.4, 0.5) is 11.6 Å². The molecule has 3 heterocycles. The summed E-state index contributed by atoms with van der Waals surface area (Å²) < 4.78 is 1.15. The summed E-state index contributed by atoms with van der Waals surface area (Å²) >= 11 is 3.67. The summed E-state index contributed by atoms with van der Waals surface area (Å²) in [4.78, 5) is 22.6. The second-order valence-corrected chi connectivity index (χ2v) is 8.66. The number of para-hydroxylation sites is 1. The number of piperidine rings is 1. The van der Waals surface area contributed by atoms with Gasteiger partial charge in [0.15, 0.2) is 0 Å². The molecule has 2 aromatic rings. The second-order valence-electron chi connectivity index (χ2n) is 7.81.